The normalized spacial score (nSPS) is 11.2. The number of imidazole rings is 1. The van der Waals surface area contributed by atoms with Crippen LogP contribution in [-0.2, 0) is 18.3 Å². The van der Waals surface area contributed by atoms with Crippen molar-refractivity contribution >= 4 is 11.7 Å². The number of aromatic nitrogens is 5. The minimum Gasteiger partial charge on any atom is -0.508 e. The quantitative estimate of drug-likeness (QED) is 0.529. The zero-order chi connectivity index (χ0) is 21.9. The van der Waals surface area contributed by atoms with Crippen molar-refractivity contribution in [2.24, 2.45) is 7.05 Å². The summed E-state index contributed by atoms with van der Waals surface area (Å²) >= 11 is 0. The Morgan fingerprint density at radius 3 is 2.20 bits per heavy atom. The molecular formula is C19H16F3N5O3. The van der Waals surface area contributed by atoms with Crippen LogP contribution < -0.4 is 0 Å². The van der Waals surface area contributed by atoms with Crippen LogP contribution in [0.1, 0.15) is 11.3 Å². The first-order valence-corrected chi connectivity index (χ1v) is 8.52. The van der Waals surface area contributed by atoms with Gasteiger partial charge in [-0.15, -0.1) is 0 Å². The SMILES string of the molecule is Cn1cc(-c2cnc3ncc(Cc4ccc(O)cc4)n3c2)cn1.O=C(O)C(F)(F)F. The molecule has 0 radical (unpaired) electrons. The molecule has 0 aliphatic carbocycles. The fourth-order valence-corrected chi connectivity index (χ4v) is 2.59. The fourth-order valence-electron chi connectivity index (χ4n) is 2.59. The van der Waals surface area contributed by atoms with Crippen LogP contribution in [0.5, 0.6) is 5.75 Å². The first-order valence-electron chi connectivity index (χ1n) is 8.52. The average molecular weight is 419 g/mol. The van der Waals surface area contributed by atoms with E-state index < -0.39 is 12.1 Å². The number of aliphatic carboxylic acids is 1. The Balaban J connectivity index is 0.000000318. The lowest BCUT2D eigenvalue weighted by molar-refractivity contribution is -0.192. The number of aryl methyl sites for hydroxylation is 1. The highest BCUT2D eigenvalue weighted by molar-refractivity contribution is 5.73. The van der Waals surface area contributed by atoms with Crippen LogP contribution in [0, 0.1) is 0 Å². The molecule has 0 bridgehead atoms. The molecule has 0 spiro atoms. The van der Waals surface area contributed by atoms with Crippen LogP contribution in [0.4, 0.5) is 13.2 Å². The van der Waals surface area contributed by atoms with E-state index in [1.54, 1.807) is 16.8 Å². The van der Waals surface area contributed by atoms with Gasteiger partial charge in [0, 0.05) is 48.9 Å². The molecule has 0 aliphatic rings. The number of carboxylic acids is 1. The Bertz CT molecular complexity index is 1170. The summed E-state index contributed by atoms with van der Waals surface area (Å²) in [5.74, 6) is -1.81. The van der Waals surface area contributed by atoms with Gasteiger partial charge in [-0.25, -0.2) is 14.8 Å². The van der Waals surface area contributed by atoms with Crippen molar-refractivity contribution in [3.05, 3.63) is 66.5 Å². The Labute approximate surface area is 167 Å². The third kappa shape index (κ3) is 4.93. The molecule has 0 fully saturated rings. The summed E-state index contributed by atoms with van der Waals surface area (Å²) in [6.07, 6.45) is 5.09. The lowest BCUT2D eigenvalue weighted by atomic mass is 10.1. The Morgan fingerprint density at radius 2 is 1.63 bits per heavy atom. The topological polar surface area (TPSA) is 106 Å². The van der Waals surface area contributed by atoms with Crippen LogP contribution in [0.3, 0.4) is 0 Å². The summed E-state index contributed by atoms with van der Waals surface area (Å²) in [5.41, 5.74) is 4.17. The molecule has 3 aromatic heterocycles. The maximum absolute atomic E-state index is 10.6. The highest BCUT2D eigenvalue weighted by Crippen LogP contribution is 2.20. The highest BCUT2D eigenvalue weighted by atomic mass is 19.4. The summed E-state index contributed by atoms with van der Waals surface area (Å²) < 4.78 is 35.5. The number of halogens is 3. The molecule has 0 aliphatic heterocycles. The first-order chi connectivity index (χ1) is 14.1. The molecule has 156 valence electrons. The molecule has 0 saturated carbocycles. The summed E-state index contributed by atoms with van der Waals surface area (Å²) in [4.78, 5) is 17.7. The molecule has 30 heavy (non-hydrogen) atoms. The van der Waals surface area contributed by atoms with Crippen LogP contribution >= 0.6 is 0 Å². The number of hydrogen-bond donors (Lipinski definition) is 2. The molecule has 0 atom stereocenters. The van der Waals surface area contributed by atoms with Gasteiger partial charge < -0.3 is 10.2 Å². The lowest BCUT2D eigenvalue weighted by Gasteiger charge is -2.04. The third-order valence-electron chi connectivity index (χ3n) is 4.04. The third-order valence-corrected chi connectivity index (χ3v) is 4.04. The molecule has 11 heteroatoms. The number of nitrogens with zero attached hydrogens (tertiary/aromatic N) is 5. The van der Waals surface area contributed by atoms with Crippen molar-refractivity contribution < 1.29 is 28.2 Å². The first kappa shape index (κ1) is 20.8. The second kappa shape index (κ2) is 8.23. The number of fused-ring (bicyclic) bond motifs is 1. The van der Waals surface area contributed by atoms with E-state index in [0.29, 0.717) is 5.78 Å². The largest absolute Gasteiger partial charge is 0.508 e. The molecule has 4 rings (SSSR count). The van der Waals surface area contributed by atoms with Gasteiger partial charge in [-0.1, -0.05) is 12.1 Å². The number of phenolic OH excluding ortho intramolecular Hbond substituents is 1. The van der Waals surface area contributed by atoms with Gasteiger partial charge >= 0.3 is 12.1 Å². The van der Waals surface area contributed by atoms with E-state index in [1.807, 2.05) is 54.6 Å². The Hall–Kier alpha value is -3.89. The minimum atomic E-state index is -5.08. The molecular weight excluding hydrogens is 403 g/mol. The zero-order valence-electron chi connectivity index (χ0n) is 15.6. The molecule has 4 aromatic rings. The minimum absolute atomic E-state index is 0.271. The van der Waals surface area contributed by atoms with Gasteiger partial charge in [0.05, 0.1) is 12.4 Å². The van der Waals surface area contributed by atoms with Crippen molar-refractivity contribution in [1.82, 2.24) is 24.1 Å². The molecule has 0 unspecified atom stereocenters. The lowest BCUT2D eigenvalue weighted by Crippen LogP contribution is -2.21. The molecule has 2 N–H and O–H groups in total. The van der Waals surface area contributed by atoms with Crippen molar-refractivity contribution in [2.75, 3.05) is 0 Å². The predicted molar refractivity (Wildman–Crippen MR) is 99.8 cm³/mol. The number of alkyl halides is 3. The number of hydrogen-bond acceptors (Lipinski definition) is 5. The van der Waals surface area contributed by atoms with Crippen molar-refractivity contribution in [1.29, 1.82) is 0 Å². The van der Waals surface area contributed by atoms with E-state index in [2.05, 4.69) is 15.1 Å². The van der Waals surface area contributed by atoms with Crippen LogP contribution in [0.25, 0.3) is 16.9 Å². The van der Waals surface area contributed by atoms with Crippen LogP contribution in [-0.4, -0.2) is 46.5 Å². The van der Waals surface area contributed by atoms with E-state index in [-0.39, 0.29) is 5.75 Å². The van der Waals surface area contributed by atoms with Crippen molar-refractivity contribution in [2.45, 2.75) is 12.6 Å². The smallest absolute Gasteiger partial charge is 0.490 e. The van der Waals surface area contributed by atoms with Gasteiger partial charge in [0.15, 0.2) is 0 Å². The van der Waals surface area contributed by atoms with E-state index >= 15 is 0 Å². The van der Waals surface area contributed by atoms with Gasteiger partial charge in [0.1, 0.15) is 5.75 Å². The van der Waals surface area contributed by atoms with E-state index in [4.69, 9.17) is 9.90 Å². The predicted octanol–water partition coefficient (Wildman–Crippen LogP) is 3.06. The van der Waals surface area contributed by atoms with Crippen LogP contribution in [0.15, 0.2) is 55.2 Å². The second-order valence-corrected chi connectivity index (χ2v) is 6.31. The van der Waals surface area contributed by atoms with Gasteiger partial charge in [-0.2, -0.15) is 18.3 Å². The highest BCUT2D eigenvalue weighted by Gasteiger charge is 2.38. The van der Waals surface area contributed by atoms with E-state index in [9.17, 15) is 18.3 Å². The summed E-state index contributed by atoms with van der Waals surface area (Å²) in [6, 6.07) is 7.20. The summed E-state index contributed by atoms with van der Waals surface area (Å²) in [5, 5.41) is 20.7. The van der Waals surface area contributed by atoms with E-state index in [1.165, 1.54) is 0 Å². The van der Waals surface area contributed by atoms with Gasteiger partial charge in [-0.05, 0) is 17.7 Å². The van der Waals surface area contributed by atoms with E-state index in [0.717, 1.165) is 28.8 Å². The van der Waals surface area contributed by atoms with Crippen molar-refractivity contribution in [3.63, 3.8) is 0 Å². The maximum Gasteiger partial charge on any atom is 0.490 e. The Morgan fingerprint density at radius 1 is 1.03 bits per heavy atom. The number of benzene rings is 1. The van der Waals surface area contributed by atoms with Gasteiger partial charge in [0.2, 0.25) is 5.78 Å². The maximum atomic E-state index is 10.6. The number of carboxylic acid groups (broad SMARTS) is 1. The number of carbonyl (C=O) groups is 1. The summed E-state index contributed by atoms with van der Waals surface area (Å²) in [7, 11) is 1.89. The molecule has 0 amide bonds. The second-order valence-electron chi connectivity index (χ2n) is 6.31. The standard InChI is InChI=1S/C17H15N5O.C2HF3O2/c1-21-10-14(8-20-21)13-7-18-17-19-9-15(22(17)11-13)6-12-2-4-16(23)5-3-12;3-2(4,5)1(6)7/h2-5,7-11,23H,6H2,1H3;(H,6,7). The zero-order valence-corrected chi connectivity index (χ0v) is 15.6. The average Bonchev–Trinajstić information content (AvgIpc) is 3.29. The molecule has 0 saturated heterocycles. The molecule has 8 nitrogen and oxygen atoms in total. The van der Waals surface area contributed by atoms with Gasteiger partial charge in [-0.3, -0.25) is 9.08 Å². The van der Waals surface area contributed by atoms with Gasteiger partial charge in [0.25, 0.3) is 0 Å². The molecule has 3 heterocycles. The summed E-state index contributed by atoms with van der Waals surface area (Å²) in [6.45, 7) is 0. The fraction of sp³-hybridized carbons (Fsp3) is 0.158. The van der Waals surface area contributed by atoms with Crippen molar-refractivity contribution in [3.8, 4) is 16.9 Å². The number of rotatable bonds is 3. The van der Waals surface area contributed by atoms with Crippen LogP contribution in [0.2, 0.25) is 0 Å². The number of aromatic hydroxyl groups is 1. The monoisotopic (exact) mass is 419 g/mol. The Kier molecular flexibility index (Phi) is 5.72. The number of phenols is 1. The molecule has 1 aromatic carbocycles.